The third-order valence-corrected chi connectivity index (χ3v) is 4.87. The van der Waals surface area contributed by atoms with E-state index in [2.05, 4.69) is 26.0 Å². The van der Waals surface area contributed by atoms with Gasteiger partial charge in [0.15, 0.2) is 0 Å². The predicted octanol–water partition coefficient (Wildman–Crippen LogP) is 4.33. The SMILES string of the molecule is CCc1nc2ccc(Br)cc2c(=O)n1N=Cc1ccc(SC)cc1. The van der Waals surface area contributed by atoms with Gasteiger partial charge in [0.2, 0.25) is 0 Å². The highest BCUT2D eigenvalue weighted by Crippen LogP contribution is 2.16. The van der Waals surface area contributed by atoms with Crippen LogP contribution in [0.2, 0.25) is 0 Å². The Bertz CT molecular complexity index is 964. The fourth-order valence-corrected chi connectivity index (χ4v) is 3.13. The fourth-order valence-electron chi connectivity index (χ4n) is 2.36. The van der Waals surface area contributed by atoms with Crippen LogP contribution in [-0.2, 0) is 6.42 Å². The minimum absolute atomic E-state index is 0.157. The highest BCUT2D eigenvalue weighted by molar-refractivity contribution is 9.10. The Morgan fingerprint density at radius 2 is 2.00 bits per heavy atom. The molecule has 6 heteroatoms. The van der Waals surface area contributed by atoms with E-state index in [1.807, 2.05) is 49.6 Å². The minimum Gasteiger partial charge on any atom is -0.267 e. The van der Waals surface area contributed by atoms with Gasteiger partial charge >= 0.3 is 0 Å². The van der Waals surface area contributed by atoms with Gasteiger partial charge in [0.05, 0.1) is 17.1 Å². The molecule has 0 saturated heterocycles. The van der Waals surface area contributed by atoms with Gasteiger partial charge in [-0.15, -0.1) is 11.8 Å². The molecule has 3 aromatic rings. The van der Waals surface area contributed by atoms with Gasteiger partial charge in [-0.1, -0.05) is 35.0 Å². The van der Waals surface area contributed by atoms with Gasteiger partial charge in [-0.2, -0.15) is 9.78 Å². The Hall–Kier alpha value is -1.92. The van der Waals surface area contributed by atoms with E-state index in [0.29, 0.717) is 23.1 Å². The zero-order valence-electron chi connectivity index (χ0n) is 13.4. The van der Waals surface area contributed by atoms with Crippen molar-refractivity contribution in [1.29, 1.82) is 0 Å². The Morgan fingerprint density at radius 1 is 1.25 bits per heavy atom. The number of rotatable bonds is 4. The van der Waals surface area contributed by atoms with E-state index in [9.17, 15) is 4.79 Å². The maximum absolute atomic E-state index is 12.8. The Balaban J connectivity index is 2.08. The standard InChI is InChI=1S/C18H16BrN3OS/c1-3-17-21-16-9-6-13(19)10-15(16)18(23)22(17)20-11-12-4-7-14(24-2)8-5-12/h4-11H,3H2,1-2H3. The van der Waals surface area contributed by atoms with Gasteiger partial charge in [0.1, 0.15) is 5.82 Å². The molecule has 0 saturated carbocycles. The third-order valence-electron chi connectivity index (χ3n) is 3.63. The van der Waals surface area contributed by atoms with Crippen LogP contribution in [0.1, 0.15) is 18.3 Å². The normalized spacial score (nSPS) is 11.5. The highest BCUT2D eigenvalue weighted by Gasteiger charge is 2.09. The lowest BCUT2D eigenvalue weighted by atomic mass is 10.2. The molecule has 1 heterocycles. The second-order valence-corrected chi connectivity index (χ2v) is 6.97. The Kier molecular flexibility index (Phi) is 5.16. The van der Waals surface area contributed by atoms with Crippen LogP contribution in [0, 0.1) is 0 Å². The number of aromatic nitrogens is 2. The van der Waals surface area contributed by atoms with Crippen LogP contribution in [0.5, 0.6) is 0 Å². The van der Waals surface area contributed by atoms with Crippen LogP contribution in [0.4, 0.5) is 0 Å². The molecule has 0 unspecified atom stereocenters. The van der Waals surface area contributed by atoms with Crippen LogP contribution in [-0.4, -0.2) is 22.1 Å². The van der Waals surface area contributed by atoms with Crippen LogP contribution >= 0.6 is 27.7 Å². The molecule has 0 N–H and O–H groups in total. The minimum atomic E-state index is -0.157. The number of fused-ring (bicyclic) bond motifs is 1. The van der Waals surface area contributed by atoms with Crippen molar-refractivity contribution in [3.05, 3.63) is 68.7 Å². The van der Waals surface area contributed by atoms with Crippen molar-refractivity contribution in [2.45, 2.75) is 18.2 Å². The first-order valence-corrected chi connectivity index (χ1v) is 9.53. The molecule has 0 atom stereocenters. The zero-order chi connectivity index (χ0) is 17.1. The van der Waals surface area contributed by atoms with Gasteiger partial charge in [-0.25, -0.2) is 4.98 Å². The molecule has 2 aromatic carbocycles. The van der Waals surface area contributed by atoms with E-state index < -0.39 is 0 Å². The molecular weight excluding hydrogens is 386 g/mol. The van der Waals surface area contributed by atoms with Crippen LogP contribution < -0.4 is 5.56 Å². The van der Waals surface area contributed by atoms with E-state index in [4.69, 9.17) is 0 Å². The first kappa shape index (κ1) is 16.9. The summed E-state index contributed by atoms with van der Waals surface area (Å²) in [4.78, 5) is 18.5. The summed E-state index contributed by atoms with van der Waals surface area (Å²) in [7, 11) is 0. The molecule has 0 bridgehead atoms. The molecule has 3 rings (SSSR count). The van der Waals surface area contributed by atoms with Crippen molar-refractivity contribution < 1.29 is 0 Å². The third kappa shape index (κ3) is 3.44. The average Bonchev–Trinajstić information content (AvgIpc) is 2.61. The molecule has 0 radical (unpaired) electrons. The topological polar surface area (TPSA) is 47.2 Å². The van der Waals surface area contributed by atoms with Gasteiger partial charge < -0.3 is 0 Å². The van der Waals surface area contributed by atoms with E-state index >= 15 is 0 Å². The quantitative estimate of drug-likeness (QED) is 0.482. The largest absolute Gasteiger partial charge is 0.282 e. The molecule has 24 heavy (non-hydrogen) atoms. The molecular formula is C18H16BrN3OS. The van der Waals surface area contributed by atoms with Crippen molar-refractivity contribution in [2.75, 3.05) is 6.26 Å². The smallest absolute Gasteiger partial charge is 0.267 e. The summed E-state index contributed by atoms with van der Waals surface area (Å²) in [6, 6.07) is 13.5. The number of hydrogen-bond acceptors (Lipinski definition) is 4. The second-order valence-electron chi connectivity index (χ2n) is 5.18. The Morgan fingerprint density at radius 3 is 2.67 bits per heavy atom. The van der Waals surface area contributed by atoms with E-state index in [1.165, 1.54) is 9.57 Å². The number of aryl methyl sites for hydroxylation is 1. The number of halogens is 1. The number of thioether (sulfide) groups is 1. The van der Waals surface area contributed by atoms with Crippen LogP contribution in [0.25, 0.3) is 10.9 Å². The van der Waals surface area contributed by atoms with Crippen molar-refractivity contribution >= 4 is 44.8 Å². The maximum Gasteiger partial charge on any atom is 0.282 e. The Labute approximate surface area is 152 Å². The first-order chi connectivity index (χ1) is 11.6. The molecule has 4 nitrogen and oxygen atoms in total. The van der Waals surface area contributed by atoms with Gasteiger partial charge in [-0.05, 0) is 42.2 Å². The molecule has 0 amide bonds. The molecule has 0 aliphatic rings. The number of hydrogen-bond donors (Lipinski definition) is 0. The first-order valence-electron chi connectivity index (χ1n) is 7.52. The monoisotopic (exact) mass is 401 g/mol. The van der Waals surface area contributed by atoms with Crippen molar-refractivity contribution in [3.8, 4) is 0 Å². The van der Waals surface area contributed by atoms with Gasteiger partial charge in [0, 0.05) is 15.8 Å². The van der Waals surface area contributed by atoms with Gasteiger partial charge in [-0.3, -0.25) is 4.79 Å². The zero-order valence-corrected chi connectivity index (χ0v) is 15.8. The second kappa shape index (κ2) is 7.32. The van der Waals surface area contributed by atoms with E-state index in [-0.39, 0.29) is 5.56 Å². The lowest BCUT2D eigenvalue weighted by molar-refractivity contribution is 0.734. The average molecular weight is 402 g/mol. The summed E-state index contributed by atoms with van der Waals surface area (Å²) in [5, 5.41) is 4.93. The summed E-state index contributed by atoms with van der Waals surface area (Å²) in [6.07, 6.45) is 4.36. The van der Waals surface area contributed by atoms with E-state index in [1.54, 1.807) is 24.0 Å². The van der Waals surface area contributed by atoms with Crippen LogP contribution in [0.15, 0.2) is 61.7 Å². The van der Waals surface area contributed by atoms with Crippen molar-refractivity contribution in [3.63, 3.8) is 0 Å². The molecule has 122 valence electrons. The van der Waals surface area contributed by atoms with Crippen LogP contribution in [0.3, 0.4) is 0 Å². The van der Waals surface area contributed by atoms with Crippen molar-refractivity contribution in [1.82, 2.24) is 9.66 Å². The maximum atomic E-state index is 12.8. The molecule has 0 fully saturated rings. The summed E-state index contributed by atoms with van der Waals surface area (Å²) in [5.74, 6) is 0.645. The molecule has 1 aromatic heterocycles. The lowest BCUT2D eigenvalue weighted by Gasteiger charge is -2.07. The highest BCUT2D eigenvalue weighted by atomic mass is 79.9. The van der Waals surface area contributed by atoms with E-state index in [0.717, 1.165) is 10.0 Å². The molecule has 0 spiro atoms. The lowest BCUT2D eigenvalue weighted by Crippen LogP contribution is -2.22. The summed E-state index contributed by atoms with van der Waals surface area (Å²) >= 11 is 5.09. The summed E-state index contributed by atoms with van der Waals surface area (Å²) < 4.78 is 2.23. The summed E-state index contributed by atoms with van der Waals surface area (Å²) in [5.41, 5.74) is 1.47. The number of benzene rings is 2. The number of nitrogens with zero attached hydrogens (tertiary/aromatic N) is 3. The molecule has 0 aliphatic carbocycles. The van der Waals surface area contributed by atoms with Gasteiger partial charge in [0.25, 0.3) is 5.56 Å². The van der Waals surface area contributed by atoms with Crippen molar-refractivity contribution in [2.24, 2.45) is 5.10 Å². The predicted molar refractivity (Wildman–Crippen MR) is 104 cm³/mol. The molecule has 0 aliphatic heterocycles. The fraction of sp³-hybridized carbons (Fsp3) is 0.167. The summed E-state index contributed by atoms with van der Waals surface area (Å²) in [6.45, 7) is 1.96.